The number of carbonyl (C=O) groups is 1. The Morgan fingerprint density at radius 2 is 1.92 bits per heavy atom. The number of hydrogen-bond acceptors (Lipinski definition) is 5. The van der Waals surface area contributed by atoms with Crippen LogP contribution < -0.4 is 4.74 Å². The van der Waals surface area contributed by atoms with Gasteiger partial charge in [0, 0.05) is 11.8 Å². The van der Waals surface area contributed by atoms with Crippen LogP contribution in [-0.4, -0.2) is 35.3 Å². The topological polar surface area (TPSA) is 60.9 Å². The molecular formula is C20H24N2O4. The van der Waals surface area contributed by atoms with Crippen LogP contribution in [0.25, 0.3) is 0 Å². The van der Waals surface area contributed by atoms with Crippen molar-refractivity contribution in [3.8, 4) is 5.75 Å². The van der Waals surface area contributed by atoms with E-state index in [-0.39, 0.29) is 6.04 Å². The van der Waals surface area contributed by atoms with E-state index in [0.29, 0.717) is 6.61 Å². The number of nitrogens with zero attached hydrogens (tertiary/aromatic N) is 2. The van der Waals surface area contributed by atoms with Crippen LogP contribution in [-0.2, 0) is 9.47 Å². The van der Waals surface area contributed by atoms with E-state index in [2.05, 4.69) is 4.98 Å². The fourth-order valence-electron chi connectivity index (χ4n) is 2.87. The van der Waals surface area contributed by atoms with E-state index >= 15 is 0 Å². The van der Waals surface area contributed by atoms with Crippen LogP contribution in [0.2, 0.25) is 0 Å². The van der Waals surface area contributed by atoms with Gasteiger partial charge in [0.2, 0.25) is 0 Å². The van der Waals surface area contributed by atoms with Crippen molar-refractivity contribution in [3.05, 3.63) is 59.9 Å². The third kappa shape index (κ3) is 3.96. The van der Waals surface area contributed by atoms with Crippen LogP contribution in [0.15, 0.2) is 48.7 Å². The van der Waals surface area contributed by atoms with Gasteiger partial charge in [-0.3, -0.25) is 9.88 Å². The zero-order valence-corrected chi connectivity index (χ0v) is 15.5. The molecule has 1 aliphatic rings. The van der Waals surface area contributed by atoms with Gasteiger partial charge in [0.15, 0.2) is 6.23 Å². The summed E-state index contributed by atoms with van der Waals surface area (Å²) in [5.74, 6) is 0.747. The second-order valence-corrected chi connectivity index (χ2v) is 7.12. The number of hydrogen-bond donors (Lipinski definition) is 0. The molecule has 138 valence electrons. The number of methoxy groups -OCH3 is 1. The summed E-state index contributed by atoms with van der Waals surface area (Å²) < 4.78 is 16.8. The smallest absolute Gasteiger partial charge is 0.413 e. The molecule has 1 aliphatic heterocycles. The van der Waals surface area contributed by atoms with Crippen molar-refractivity contribution in [3.63, 3.8) is 0 Å². The largest absolute Gasteiger partial charge is 0.497 e. The molecule has 1 fully saturated rings. The van der Waals surface area contributed by atoms with Gasteiger partial charge in [-0.2, -0.15) is 0 Å². The van der Waals surface area contributed by atoms with E-state index in [1.807, 2.05) is 63.2 Å². The molecule has 2 aromatic rings. The summed E-state index contributed by atoms with van der Waals surface area (Å²) in [6.45, 7) is 5.90. The monoisotopic (exact) mass is 356 g/mol. The van der Waals surface area contributed by atoms with E-state index in [0.717, 1.165) is 17.0 Å². The van der Waals surface area contributed by atoms with E-state index in [9.17, 15) is 4.79 Å². The quantitative estimate of drug-likeness (QED) is 0.829. The highest BCUT2D eigenvalue weighted by Gasteiger charge is 2.42. The molecule has 2 atom stereocenters. The molecule has 0 spiro atoms. The molecule has 0 aliphatic carbocycles. The molecule has 0 bridgehead atoms. The Hall–Kier alpha value is -2.60. The van der Waals surface area contributed by atoms with Crippen molar-refractivity contribution in [2.45, 2.75) is 38.6 Å². The number of rotatable bonds is 3. The highest BCUT2D eigenvalue weighted by molar-refractivity contribution is 5.69. The van der Waals surface area contributed by atoms with Gasteiger partial charge in [0.05, 0.1) is 19.4 Å². The maximum absolute atomic E-state index is 12.9. The highest BCUT2D eigenvalue weighted by Crippen LogP contribution is 2.39. The Kier molecular flexibility index (Phi) is 5.13. The SMILES string of the molecule is COc1ccc(C2OC[C@H](c3ccccn3)N2C(=O)OC(C)(C)C)cc1. The second-order valence-electron chi connectivity index (χ2n) is 7.12. The summed E-state index contributed by atoms with van der Waals surface area (Å²) in [7, 11) is 1.62. The molecule has 1 aromatic heterocycles. The van der Waals surface area contributed by atoms with Crippen molar-refractivity contribution in [2.24, 2.45) is 0 Å². The van der Waals surface area contributed by atoms with E-state index < -0.39 is 17.9 Å². The first-order valence-electron chi connectivity index (χ1n) is 8.57. The number of ether oxygens (including phenoxy) is 3. The van der Waals surface area contributed by atoms with Gasteiger partial charge in [-0.25, -0.2) is 4.79 Å². The first kappa shape index (κ1) is 18.2. The number of amides is 1. The first-order valence-corrected chi connectivity index (χ1v) is 8.57. The average molecular weight is 356 g/mol. The number of pyridine rings is 1. The van der Waals surface area contributed by atoms with Crippen LogP contribution in [0.5, 0.6) is 5.75 Å². The number of benzene rings is 1. The van der Waals surface area contributed by atoms with Gasteiger partial charge in [0.25, 0.3) is 0 Å². The van der Waals surface area contributed by atoms with Crippen LogP contribution in [0.1, 0.15) is 44.3 Å². The molecule has 2 heterocycles. The molecule has 1 aromatic carbocycles. The van der Waals surface area contributed by atoms with Crippen LogP contribution in [0.3, 0.4) is 0 Å². The molecule has 1 amide bonds. The van der Waals surface area contributed by atoms with Crippen molar-refractivity contribution in [1.29, 1.82) is 0 Å². The molecular weight excluding hydrogens is 332 g/mol. The zero-order valence-electron chi connectivity index (χ0n) is 15.5. The molecule has 6 nitrogen and oxygen atoms in total. The normalized spacial score (nSPS) is 20.1. The van der Waals surface area contributed by atoms with Gasteiger partial charge < -0.3 is 14.2 Å². The summed E-state index contributed by atoms with van der Waals surface area (Å²) in [5, 5.41) is 0. The standard InChI is InChI=1S/C20H24N2O4/c1-20(2,3)26-19(23)22-17(16-7-5-6-12-21-16)13-25-18(22)14-8-10-15(24-4)11-9-14/h5-12,17-18H,13H2,1-4H3/t17-,18?/m1/s1. The minimum Gasteiger partial charge on any atom is -0.497 e. The zero-order chi connectivity index (χ0) is 18.7. The summed E-state index contributed by atoms with van der Waals surface area (Å²) >= 11 is 0. The number of aromatic nitrogens is 1. The van der Waals surface area contributed by atoms with Crippen molar-refractivity contribution >= 4 is 6.09 Å². The van der Waals surface area contributed by atoms with E-state index in [1.165, 1.54) is 0 Å². The Bertz CT molecular complexity index is 741. The van der Waals surface area contributed by atoms with E-state index in [4.69, 9.17) is 14.2 Å². The summed E-state index contributed by atoms with van der Waals surface area (Å²) in [6.07, 6.45) is 0.748. The molecule has 0 N–H and O–H groups in total. The highest BCUT2D eigenvalue weighted by atomic mass is 16.6. The lowest BCUT2D eigenvalue weighted by molar-refractivity contribution is -0.0144. The molecule has 6 heteroatoms. The summed E-state index contributed by atoms with van der Waals surface area (Å²) in [4.78, 5) is 18.9. The van der Waals surface area contributed by atoms with Gasteiger partial charge in [0.1, 0.15) is 17.4 Å². The van der Waals surface area contributed by atoms with Crippen LogP contribution in [0.4, 0.5) is 4.79 Å². The predicted molar refractivity (Wildman–Crippen MR) is 96.7 cm³/mol. The number of carbonyl (C=O) groups excluding carboxylic acids is 1. The molecule has 3 rings (SSSR count). The molecule has 1 saturated heterocycles. The van der Waals surface area contributed by atoms with Crippen molar-refractivity contribution in [1.82, 2.24) is 9.88 Å². The van der Waals surface area contributed by atoms with Gasteiger partial charge in [-0.1, -0.05) is 18.2 Å². The molecule has 1 unspecified atom stereocenters. The fourth-order valence-corrected chi connectivity index (χ4v) is 2.87. The molecule has 0 radical (unpaired) electrons. The fraction of sp³-hybridized carbons (Fsp3) is 0.400. The summed E-state index contributed by atoms with van der Waals surface area (Å²) in [6, 6.07) is 12.8. The Morgan fingerprint density at radius 3 is 2.50 bits per heavy atom. The Labute approximate surface area is 153 Å². The third-order valence-corrected chi connectivity index (χ3v) is 4.03. The molecule has 0 saturated carbocycles. The van der Waals surface area contributed by atoms with Crippen molar-refractivity contribution in [2.75, 3.05) is 13.7 Å². The van der Waals surface area contributed by atoms with Gasteiger partial charge in [-0.05, 0) is 45.0 Å². The Morgan fingerprint density at radius 1 is 1.19 bits per heavy atom. The second kappa shape index (κ2) is 7.33. The van der Waals surface area contributed by atoms with Gasteiger partial charge >= 0.3 is 6.09 Å². The predicted octanol–water partition coefficient (Wildman–Crippen LogP) is 4.10. The summed E-state index contributed by atoms with van der Waals surface area (Å²) in [5.41, 5.74) is 1.03. The average Bonchev–Trinajstić information content (AvgIpc) is 3.06. The van der Waals surface area contributed by atoms with E-state index in [1.54, 1.807) is 18.2 Å². The van der Waals surface area contributed by atoms with Crippen LogP contribution in [0, 0.1) is 0 Å². The molecule has 26 heavy (non-hydrogen) atoms. The van der Waals surface area contributed by atoms with Gasteiger partial charge in [-0.15, -0.1) is 0 Å². The minimum absolute atomic E-state index is 0.307. The van der Waals surface area contributed by atoms with Crippen molar-refractivity contribution < 1.29 is 19.0 Å². The third-order valence-electron chi connectivity index (χ3n) is 4.03. The first-order chi connectivity index (χ1) is 12.4. The lowest BCUT2D eigenvalue weighted by Gasteiger charge is -2.31. The van der Waals surface area contributed by atoms with Crippen LogP contribution >= 0.6 is 0 Å². The lowest BCUT2D eigenvalue weighted by Crippen LogP contribution is -2.38. The lowest BCUT2D eigenvalue weighted by atomic mass is 10.1. The maximum Gasteiger partial charge on any atom is 0.413 e. The minimum atomic E-state index is -0.598. The Balaban J connectivity index is 1.93. The maximum atomic E-state index is 12.9.